The van der Waals surface area contributed by atoms with Gasteiger partial charge in [0.2, 0.25) is 0 Å². The van der Waals surface area contributed by atoms with Crippen LogP contribution in [0.5, 0.6) is 17.2 Å². The van der Waals surface area contributed by atoms with Crippen LogP contribution in [0.1, 0.15) is 16.7 Å². The predicted molar refractivity (Wildman–Crippen MR) is 122 cm³/mol. The Morgan fingerprint density at radius 2 is 1.66 bits per heavy atom. The molecule has 164 valence electrons. The Balaban J connectivity index is 2.00. The molecule has 0 bridgehead atoms. The van der Waals surface area contributed by atoms with Crippen molar-refractivity contribution >= 4 is 29.2 Å². The standard InChI is InChI=1S/C25H23NO6/c1-31-22-11-9-16(14-23(22)32-2)12-19(18-6-4-3-5-7-18)25(30)26-20-13-17(15-24(28)29)8-10-21(20)27/h3-14,27H,15H2,1-2H3,(H,26,30)(H,28,29)/b19-12+. The maximum Gasteiger partial charge on any atom is 0.307 e. The van der Waals surface area contributed by atoms with Crippen LogP contribution in [0.25, 0.3) is 11.6 Å². The monoisotopic (exact) mass is 433 g/mol. The highest BCUT2D eigenvalue weighted by Gasteiger charge is 2.16. The van der Waals surface area contributed by atoms with Crippen LogP contribution in [0, 0.1) is 0 Å². The van der Waals surface area contributed by atoms with Gasteiger partial charge in [0.05, 0.1) is 26.3 Å². The van der Waals surface area contributed by atoms with Gasteiger partial charge in [-0.3, -0.25) is 9.59 Å². The van der Waals surface area contributed by atoms with Crippen LogP contribution >= 0.6 is 0 Å². The Bertz CT molecular complexity index is 1150. The highest BCUT2D eigenvalue weighted by molar-refractivity contribution is 6.29. The van der Waals surface area contributed by atoms with E-state index in [1.165, 1.54) is 25.3 Å². The fourth-order valence-electron chi connectivity index (χ4n) is 3.16. The SMILES string of the molecule is COc1ccc(/C=C(/C(=O)Nc2cc(CC(=O)O)ccc2O)c2ccccc2)cc1OC. The van der Waals surface area contributed by atoms with Crippen LogP contribution in [-0.2, 0) is 16.0 Å². The van der Waals surface area contributed by atoms with Crippen molar-refractivity contribution in [2.75, 3.05) is 19.5 Å². The third kappa shape index (κ3) is 5.46. The number of hydrogen-bond donors (Lipinski definition) is 3. The van der Waals surface area contributed by atoms with Crippen LogP contribution in [0.2, 0.25) is 0 Å². The number of rotatable bonds is 8. The summed E-state index contributed by atoms with van der Waals surface area (Å²) < 4.78 is 10.6. The number of ether oxygens (including phenoxy) is 2. The Morgan fingerprint density at radius 3 is 2.31 bits per heavy atom. The van der Waals surface area contributed by atoms with Gasteiger partial charge >= 0.3 is 5.97 Å². The first kappa shape index (κ1) is 22.4. The van der Waals surface area contributed by atoms with Crippen LogP contribution < -0.4 is 14.8 Å². The molecule has 0 fully saturated rings. The largest absolute Gasteiger partial charge is 0.506 e. The number of phenolic OH excluding ortho intramolecular Hbond substituents is 1. The van der Waals surface area contributed by atoms with Crippen molar-refractivity contribution in [3.05, 3.63) is 83.4 Å². The van der Waals surface area contributed by atoms with Gasteiger partial charge < -0.3 is 25.0 Å². The van der Waals surface area contributed by atoms with Crippen molar-refractivity contribution in [3.8, 4) is 17.2 Å². The number of aliphatic carboxylic acids is 1. The molecule has 0 atom stereocenters. The smallest absolute Gasteiger partial charge is 0.307 e. The quantitative estimate of drug-likeness (QED) is 0.279. The molecule has 0 aliphatic heterocycles. The average Bonchev–Trinajstić information content (AvgIpc) is 2.79. The van der Waals surface area contributed by atoms with Gasteiger partial charge in [-0.25, -0.2) is 0 Å². The normalized spacial score (nSPS) is 11.0. The van der Waals surface area contributed by atoms with Crippen molar-refractivity contribution in [1.29, 1.82) is 0 Å². The zero-order valence-corrected chi connectivity index (χ0v) is 17.7. The van der Waals surface area contributed by atoms with E-state index in [-0.39, 0.29) is 17.9 Å². The molecule has 0 saturated carbocycles. The molecule has 3 N–H and O–H groups in total. The van der Waals surface area contributed by atoms with Gasteiger partial charge in [-0.15, -0.1) is 0 Å². The average molecular weight is 433 g/mol. The van der Waals surface area contributed by atoms with Crippen molar-refractivity contribution < 1.29 is 29.3 Å². The lowest BCUT2D eigenvalue weighted by Crippen LogP contribution is -2.14. The highest BCUT2D eigenvalue weighted by Crippen LogP contribution is 2.31. The van der Waals surface area contributed by atoms with Gasteiger partial charge in [-0.2, -0.15) is 0 Å². The Labute approximate surface area is 185 Å². The van der Waals surface area contributed by atoms with E-state index < -0.39 is 11.9 Å². The summed E-state index contributed by atoms with van der Waals surface area (Å²) in [5.74, 6) is -0.547. The first-order valence-corrected chi connectivity index (χ1v) is 9.75. The molecule has 0 heterocycles. The maximum atomic E-state index is 13.2. The van der Waals surface area contributed by atoms with Crippen molar-refractivity contribution in [2.45, 2.75) is 6.42 Å². The third-order valence-electron chi connectivity index (χ3n) is 4.71. The molecule has 0 unspecified atom stereocenters. The van der Waals surface area contributed by atoms with Crippen LogP contribution in [0.4, 0.5) is 5.69 Å². The maximum absolute atomic E-state index is 13.2. The van der Waals surface area contributed by atoms with Crippen molar-refractivity contribution in [2.24, 2.45) is 0 Å². The lowest BCUT2D eigenvalue weighted by Gasteiger charge is -2.13. The number of carboxylic acid groups (broad SMARTS) is 1. The van der Waals surface area contributed by atoms with Gasteiger partial charge in [0.25, 0.3) is 5.91 Å². The summed E-state index contributed by atoms with van der Waals surface area (Å²) >= 11 is 0. The number of carbonyl (C=O) groups is 2. The topological polar surface area (TPSA) is 105 Å². The molecule has 32 heavy (non-hydrogen) atoms. The minimum atomic E-state index is -1.01. The lowest BCUT2D eigenvalue weighted by atomic mass is 10.0. The number of hydrogen-bond acceptors (Lipinski definition) is 5. The first-order chi connectivity index (χ1) is 15.4. The second-order valence-electron chi connectivity index (χ2n) is 6.91. The Hall–Kier alpha value is -4.26. The van der Waals surface area contributed by atoms with Gasteiger partial charge in [0.15, 0.2) is 11.5 Å². The molecule has 1 amide bonds. The highest BCUT2D eigenvalue weighted by atomic mass is 16.5. The van der Waals surface area contributed by atoms with Crippen LogP contribution in [0.15, 0.2) is 66.7 Å². The van der Waals surface area contributed by atoms with E-state index in [0.717, 1.165) is 0 Å². The number of nitrogens with one attached hydrogen (secondary N) is 1. The van der Waals surface area contributed by atoms with Crippen molar-refractivity contribution in [1.82, 2.24) is 0 Å². The molecule has 0 radical (unpaired) electrons. The number of carbonyl (C=O) groups excluding carboxylic acids is 1. The van der Waals surface area contributed by atoms with E-state index >= 15 is 0 Å². The van der Waals surface area contributed by atoms with Crippen LogP contribution in [-0.4, -0.2) is 36.3 Å². The number of anilines is 1. The number of benzene rings is 3. The molecule has 0 spiro atoms. The van der Waals surface area contributed by atoms with E-state index in [9.17, 15) is 14.7 Å². The Kier molecular flexibility index (Phi) is 7.13. The summed E-state index contributed by atoms with van der Waals surface area (Å²) in [7, 11) is 3.07. The molecule has 0 aliphatic rings. The van der Waals surface area contributed by atoms with E-state index in [1.807, 2.05) is 18.2 Å². The molecule has 0 aromatic heterocycles. The zero-order chi connectivity index (χ0) is 23.1. The number of amides is 1. The lowest BCUT2D eigenvalue weighted by molar-refractivity contribution is -0.136. The van der Waals surface area contributed by atoms with Crippen LogP contribution in [0.3, 0.4) is 0 Å². The summed E-state index contributed by atoms with van der Waals surface area (Å²) in [5, 5.41) is 21.9. The van der Waals surface area contributed by atoms with Gasteiger partial charge in [0.1, 0.15) is 5.75 Å². The molecule has 0 aliphatic carbocycles. The second-order valence-corrected chi connectivity index (χ2v) is 6.91. The van der Waals surface area contributed by atoms with Gasteiger partial charge in [-0.05, 0) is 47.0 Å². The molecule has 3 aromatic carbocycles. The van der Waals surface area contributed by atoms with Crippen molar-refractivity contribution in [3.63, 3.8) is 0 Å². The molecule has 3 rings (SSSR count). The fraction of sp³-hybridized carbons (Fsp3) is 0.120. The first-order valence-electron chi connectivity index (χ1n) is 9.75. The summed E-state index contributed by atoms with van der Waals surface area (Å²) in [6.45, 7) is 0. The number of phenols is 1. The van der Waals surface area contributed by atoms with E-state index in [2.05, 4.69) is 5.32 Å². The number of aromatic hydroxyl groups is 1. The third-order valence-corrected chi connectivity index (χ3v) is 4.71. The summed E-state index contributed by atoms with van der Waals surface area (Å²) in [5.41, 5.74) is 2.31. The second kappa shape index (κ2) is 10.2. The Morgan fingerprint density at radius 1 is 0.938 bits per heavy atom. The summed E-state index contributed by atoms with van der Waals surface area (Å²) in [6, 6.07) is 18.7. The number of carboxylic acids is 1. The molecule has 0 saturated heterocycles. The van der Waals surface area contributed by atoms with E-state index in [1.54, 1.807) is 43.5 Å². The minimum absolute atomic E-state index is 0.128. The van der Waals surface area contributed by atoms with E-state index in [4.69, 9.17) is 14.6 Å². The molecular formula is C25H23NO6. The van der Waals surface area contributed by atoms with E-state index in [0.29, 0.717) is 33.8 Å². The summed E-state index contributed by atoms with van der Waals surface area (Å²) in [4.78, 5) is 24.2. The fourth-order valence-corrected chi connectivity index (χ4v) is 3.16. The number of methoxy groups -OCH3 is 2. The molecule has 7 heteroatoms. The minimum Gasteiger partial charge on any atom is -0.506 e. The van der Waals surface area contributed by atoms with Gasteiger partial charge in [-0.1, -0.05) is 42.5 Å². The summed E-state index contributed by atoms with van der Waals surface area (Å²) in [6.07, 6.45) is 1.47. The van der Waals surface area contributed by atoms with Gasteiger partial charge in [0, 0.05) is 5.57 Å². The predicted octanol–water partition coefficient (Wildman–Crippen LogP) is 4.22. The molecule has 7 nitrogen and oxygen atoms in total. The molecule has 3 aromatic rings. The zero-order valence-electron chi connectivity index (χ0n) is 17.7. The molecular weight excluding hydrogens is 410 g/mol.